The van der Waals surface area contributed by atoms with E-state index in [-0.39, 0.29) is 34.6 Å². The molecule has 0 aliphatic heterocycles. The molecule has 0 unspecified atom stereocenters. The maximum Gasteiger partial charge on any atom is 0.350 e. The van der Waals surface area contributed by atoms with E-state index in [1.807, 2.05) is 0 Å². The molecule has 0 aliphatic carbocycles. The normalized spacial score (nSPS) is 10.8. The molecule has 2 N–H and O–H groups in total. The van der Waals surface area contributed by atoms with E-state index in [0.717, 1.165) is 11.3 Å². The van der Waals surface area contributed by atoms with Gasteiger partial charge in [0.2, 0.25) is 5.91 Å². The highest BCUT2D eigenvalue weighted by Crippen LogP contribution is 2.41. The summed E-state index contributed by atoms with van der Waals surface area (Å²) in [6.07, 6.45) is 1.80. The van der Waals surface area contributed by atoms with E-state index in [4.69, 9.17) is 16.3 Å². The fraction of sp³-hybridized carbons (Fsp3) is 0.222. The third kappa shape index (κ3) is 4.60. The monoisotopic (exact) mass is 454 g/mol. The Morgan fingerprint density at radius 3 is 2.72 bits per heavy atom. The molecule has 0 radical (unpaired) electrons. The first-order chi connectivity index (χ1) is 14.0. The van der Waals surface area contributed by atoms with Crippen LogP contribution in [0.1, 0.15) is 16.6 Å². The van der Waals surface area contributed by atoms with Gasteiger partial charge >= 0.3 is 5.97 Å². The molecule has 0 fully saturated rings. The maximum absolute atomic E-state index is 14.2. The third-order valence-corrected chi connectivity index (χ3v) is 5.54. The summed E-state index contributed by atoms with van der Waals surface area (Å²) in [6.45, 7) is 1.84. The molecule has 1 aromatic carbocycles. The number of esters is 1. The molecular formula is C18H16ClFN4O3S2. The van der Waals surface area contributed by atoms with E-state index >= 15 is 0 Å². The molecule has 0 saturated carbocycles. The van der Waals surface area contributed by atoms with Gasteiger partial charge < -0.3 is 15.4 Å². The molecule has 11 heteroatoms. The lowest BCUT2D eigenvalue weighted by Crippen LogP contribution is -2.15. The van der Waals surface area contributed by atoms with Gasteiger partial charge in [-0.05, 0) is 25.3 Å². The van der Waals surface area contributed by atoms with Crippen LogP contribution in [-0.2, 0) is 9.53 Å². The Labute approximate surface area is 179 Å². The number of thioether (sulfide) groups is 1. The number of carbonyl (C=O) groups is 2. The number of carbonyl (C=O) groups excluding carboxylic acids is 2. The number of rotatable bonds is 7. The molecule has 0 atom stereocenters. The molecule has 0 spiro atoms. The van der Waals surface area contributed by atoms with Gasteiger partial charge in [-0.1, -0.05) is 23.9 Å². The van der Waals surface area contributed by atoms with Gasteiger partial charge in [0.25, 0.3) is 0 Å². The van der Waals surface area contributed by atoms with Crippen molar-refractivity contribution in [1.82, 2.24) is 9.97 Å². The molecule has 0 aliphatic rings. The Hall–Kier alpha value is -2.43. The minimum absolute atomic E-state index is 0.157. The van der Waals surface area contributed by atoms with Crippen LogP contribution in [0.15, 0.2) is 29.4 Å². The van der Waals surface area contributed by atoms with Crippen LogP contribution >= 0.6 is 34.7 Å². The quantitative estimate of drug-likeness (QED) is 0.232. The standard InChI is InChI=1S/C18H16ClFN4O3S2/c1-3-27-17(26)14-13(22-11(25)8-19)12-15(21-10-7-5-4-6-9(10)20)23-18(28-2)24-16(12)29-14/h4-7H,3,8H2,1-2H3,(H,22,25)(H,21,23,24). The molecule has 7 nitrogen and oxygen atoms in total. The van der Waals surface area contributed by atoms with Crippen molar-refractivity contribution in [3.05, 3.63) is 35.0 Å². The number of para-hydroxylation sites is 1. The number of alkyl halides is 1. The number of amides is 1. The predicted octanol–water partition coefficient (Wildman–Crippen LogP) is 4.65. The highest BCUT2D eigenvalue weighted by Gasteiger charge is 2.25. The van der Waals surface area contributed by atoms with Gasteiger partial charge in [0.15, 0.2) is 5.16 Å². The summed E-state index contributed by atoms with van der Waals surface area (Å²) in [7, 11) is 0. The highest BCUT2D eigenvalue weighted by atomic mass is 35.5. The average molecular weight is 455 g/mol. The van der Waals surface area contributed by atoms with Crippen molar-refractivity contribution in [2.45, 2.75) is 12.1 Å². The van der Waals surface area contributed by atoms with E-state index in [2.05, 4.69) is 20.6 Å². The summed E-state index contributed by atoms with van der Waals surface area (Å²) in [6, 6.07) is 6.10. The summed E-state index contributed by atoms with van der Waals surface area (Å²) in [4.78, 5) is 33.9. The van der Waals surface area contributed by atoms with Crippen LogP contribution in [-0.4, -0.2) is 40.6 Å². The Balaban J connectivity index is 2.24. The Bertz CT molecular complexity index is 1080. The number of ether oxygens (including phenoxy) is 1. The van der Waals surface area contributed by atoms with Gasteiger partial charge in [-0.25, -0.2) is 19.2 Å². The zero-order valence-electron chi connectivity index (χ0n) is 15.4. The summed E-state index contributed by atoms with van der Waals surface area (Å²) >= 11 is 7.97. The van der Waals surface area contributed by atoms with Gasteiger partial charge in [-0.3, -0.25) is 4.79 Å². The predicted molar refractivity (Wildman–Crippen MR) is 114 cm³/mol. The van der Waals surface area contributed by atoms with Crippen molar-refractivity contribution < 1.29 is 18.7 Å². The Morgan fingerprint density at radius 2 is 2.07 bits per heavy atom. The van der Waals surface area contributed by atoms with Gasteiger partial charge in [0, 0.05) is 0 Å². The number of anilines is 3. The summed E-state index contributed by atoms with van der Waals surface area (Å²) in [5.74, 6) is -1.65. The van der Waals surface area contributed by atoms with Crippen molar-refractivity contribution in [3.8, 4) is 0 Å². The number of hydrogen-bond acceptors (Lipinski definition) is 8. The molecule has 3 aromatic rings. The zero-order valence-corrected chi connectivity index (χ0v) is 17.8. The topological polar surface area (TPSA) is 93.2 Å². The molecule has 2 heterocycles. The number of thiophene rings is 1. The van der Waals surface area contributed by atoms with Gasteiger partial charge in [-0.2, -0.15) is 0 Å². The van der Waals surface area contributed by atoms with E-state index in [0.29, 0.717) is 15.4 Å². The van der Waals surface area contributed by atoms with Crippen LogP contribution in [0.25, 0.3) is 10.2 Å². The van der Waals surface area contributed by atoms with E-state index < -0.39 is 17.7 Å². The van der Waals surface area contributed by atoms with Crippen LogP contribution in [0.5, 0.6) is 0 Å². The molecule has 0 saturated heterocycles. The SMILES string of the molecule is CCOC(=O)c1sc2nc(SC)nc(Nc3ccccc3F)c2c1NC(=O)CCl. The number of halogens is 2. The first-order valence-electron chi connectivity index (χ1n) is 8.41. The smallest absolute Gasteiger partial charge is 0.350 e. The van der Waals surface area contributed by atoms with Gasteiger partial charge in [0.05, 0.1) is 23.4 Å². The second kappa shape index (κ2) is 9.38. The van der Waals surface area contributed by atoms with Crippen LogP contribution in [0.3, 0.4) is 0 Å². The molecule has 1 amide bonds. The average Bonchev–Trinajstić information content (AvgIpc) is 3.08. The maximum atomic E-state index is 14.2. The molecule has 152 valence electrons. The number of nitrogens with one attached hydrogen (secondary N) is 2. The van der Waals surface area contributed by atoms with Crippen molar-refractivity contribution in [3.63, 3.8) is 0 Å². The molecule has 2 aromatic heterocycles. The number of fused-ring (bicyclic) bond motifs is 1. The van der Waals surface area contributed by atoms with E-state index in [1.165, 1.54) is 17.8 Å². The third-order valence-electron chi connectivity index (χ3n) is 3.69. The fourth-order valence-corrected chi connectivity index (χ4v) is 4.00. The van der Waals surface area contributed by atoms with Crippen molar-refractivity contribution >= 4 is 74.0 Å². The van der Waals surface area contributed by atoms with Crippen LogP contribution in [0.2, 0.25) is 0 Å². The molecule has 3 rings (SSSR count). The van der Waals surface area contributed by atoms with Crippen molar-refractivity contribution in [1.29, 1.82) is 0 Å². The van der Waals surface area contributed by atoms with Gasteiger partial charge in [0.1, 0.15) is 27.2 Å². The number of benzene rings is 1. The Kier molecular flexibility index (Phi) is 6.88. The summed E-state index contributed by atoms with van der Waals surface area (Å²) < 4.78 is 19.3. The zero-order chi connectivity index (χ0) is 21.0. The van der Waals surface area contributed by atoms with Crippen LogP contribution in [0, 0.1) is 5.82 Å². The minimum Gasteiger partial charge on any atom is -0.462 e. The largest absolute Gasteiger partial charge is 0.462 e. The first kappa shape index (κ1) is 21.3. The summed E-state index contributed by atoms with van der Waals surface area (Å²) in [5, 5.41) is 6.35. The molecule has 29 heavy (non-hydrogen) atoms. The van der Waals surface area contributed by atoms with Crippen molar-refractivity contribution in [2.24, 2.45) is 0 Å². The number of hydrogen-bond donors (Lipinski definition) is 2. The number of aromatic nitrogens is 2. The van der Waals surface area contributed by atoms with E-state index in [9.17, 15) is 14.0 Å². The van der Waals surface area contributed by atoms with Gasteiger partial charge in [-0.15, -0.1) is 22.9 Å². The lowest BCUT2D eigenvalue weighted by Gasteiger charge is -2.11. The second-order valence-corrected chi connectivity index (χ2v) is 7.59. The van der Waals surface area contributed by atoms with Crippen molar-refractivity contribution in [2.75, 3.05) is 29.4 Å². The fourth-order valence-electron chi connectivity index (χ4n) is 2.49. The highest BCUT2D eigenvalue weighted by molar-refractivity contribution is 7.98. The Morgan fingerprint density at radius 1 is 1.31 bits per heavy atom. The lowest BCUT2D eigenvalue weighted by molar-refractivity contribution is -0.113. The van der Waals surface area contributed by atoms with Crippen LogP contribution < -0.4 is 10.6 Å². The second-order valence-electron chi connectivity index (χ2n) is 5.55. The summed E-state index contributed by atoms with van der Waals surface area (Å²) in [5.41, 5.74) is 0.374. The van der Waals surface area contributed by atoms with Crippen LogP contribution in [0.4, 0.5) is 21.6 Å². The lowest BCUT2D eigenvalue weighted by atomic mass is 10.2. The first-order valence-corrected chi connectivity index (χ1v) is 11.0. The molecular weight excluding hydrogens is 439 g/mol. The minimum atomic E-state index is -0.608. The van der Waals surface area contributed by atoms with E-state index in [1.54, 1.807) is 31.4 Å². The number of nitrogens with zero attached hydrogens (tertiary/aromatic N) is 2. The molecule has 0 bridgehead atoms.